The molecular weight excluding hydrogens is 116 g/mol. The zero-order chi connectivity index (χ0) is 7.33. The molecule has 0 aromatic heterocycles. The predicted molar refractivity (Wildman–Crippen MR) is 37.4 cm³/mol. The summed E-state index contributed by atoms with van der Waals surface area (Å²) in [6, 6.07) is 0. The molecule has 0 aromatic carbocycles. The summed E-state index contributed by atoms with van der Waals surface area (Å²) in [5.41, 5.74) is -0.149. The van der Waals surface area contributed by atoms with E-state index in [1.807, 2.05) is 20.8 Å². The maximum Gasteiger partial charge on any atom is 0.0648 e. The van der Waals surface area contributed by atoms with Crippen molar-refractivity contribution in [2.75, 3.05) is 13.2 Å². The van der Waals surface area contributed by atoms with Crippen molar-refractivity contribution in [3.8, 4) is 0 Å². The Morgan fingerprint density at radius 2 is 2.00 bits per heavy atom. The fourth-order valence-corrected chi connectivity index (χ4v) is 0.732. The Balaban J connectivity index is 3.43. The topological polar surface area (TPSA) is 29.5 Å². The van der Waals surface area contributed by atoms with Gasteiger partial charge in [0.15, 0.2) is 0 Å². The number of aliphatic hydroxyl groups excluding tert-OH is 1. The van der Waals surface area contributed by atoms with E-state index < -0.39 is 0 Å². The van der Waals surface area contributed by atoms with Gasteiger partial charge in [-0.15, -0.1) is 0 Å². The summed E-state index contributed by atoms with van der Waals surface area (Å²) < 4.78 is 5.31. The Morgan fingerprint density at radius 1 is 1.44 bits per heavy atom. The Hall–Kier alpha value is -0.0800. The van der Waals surface area contributed by atoms with Gasteiger partial charge in [0.05, 0.1) is 5.60 Å². The van der Waals surface area contributed by atoms with Gasteiger partial charge < -0.3 is 9.84 Å². The van der Waals surface area contributed by atoms with Gasteiger partial charge in [0.2, 0.25) is 0 Å². The molecule has 0 spiro atoms. The highest BCUT2D eigenvalue weighted by Crippen LogP contribution is 2.12. The Morgan fingerprint density at radius 3 is 2.33 bits per heavy atom. The maximum atomic E-state index is 8.55. The predicted octanol–water partition coefficient (Wildman–Crippen LogP) is 1.18. The Bertz CT molecular complexity index is 61.3. The van der Waals surface area contributed by atoms with Crippen LogP contribution in [0, 0.1) is 0 Å². The molecule has 0 aromatic rings. The van der Waals surface area contributed by atoms with Crippen molar-refractivity contribution in [1.82, 2.24) is 0 Å². The summed E-state index contributed by atoms with van der Waals surface area (Å²) >= 11 is 0. The van der Waals surface area contributed by atoms with Crippen molar-refractivity contribution in [3.05, 3.63) is 0 Å². The third-order valence-corrected chi connectivity index (χ3v) is 1.25. The second-order valence-electron chi connectivity index (χ2n) is 2.67. The lowest BCUT2D eigenvalue weighted by Gasteiger charge is -2.22. The first kappa shape index (κ1) is 8.92. The largest absolute Gasteiger partial charge is 0.396 e. The van der Waals surface area contributed by atoms with E-state index in [1.165, 1.54) is 0 Å². The van der Waals surface area contributed by atoms with Gasteiger partial charge in [-0.25, -0.2) is 0 Å². The quantitative estimate of drug-likeness (QED) is 0.622. The molecular formula is C7H16O2. The van der Waals surface area contributed by atoms with Crippen LogP contribution in [-0.2, 0) is 4.74 Å². The summed E-state index contributed by atoms with van der Waals surface area (Å²) in [4.78, 5) is 0. The van der Waals surface area contributed by atoms with Gasteiger partial charge in [0, 0.05) is 13.2 Å². The number of aliphatic hydroxyl groups is 1. The van der Waals surface area contributed by atoms with Crippen molar-refractivity contribution in [2.45, 2.75) is 32.8 Å². The molecule has 0 aliphatic carbocycles. The van der Waals surface area contributed by atoms with Crippen molar-refractivity contribution in [1.29, 1.82) is 0 Å². The van der Waals surface area contributed by atoms with Crippen LogP contribution in [0.15, 0.2) is 0 Å². The summed E-state index contributed by atoms with van der Waals surface area (Å²) in [6.45, 7) is 6.83. The summed E-state index contributed by atoms with van der Waals surface area (Å²) in [7, 11) is 0. The lowest BCUT2D eigenvalue weighted by Crippen LogP contribution is -2.25. The lowest BCUT2D eigenvalue weighted by molar-refractivity contribution is -0.0258. The monoisotopic (exact) mass is 132 g/mol. The standard InChI is InChI=1S/C7H16O2/c1-4-9-7(2,3)5-6-8/h8H,4-6H2,1-3H3. The molecule has 0 aliphatic rings. The fourth-order valence-electron chi connectivity index (χ4n) is 0.732. The Labute approximate surface area is 56.8 Å². The van der Waals surface area contributed by atoms with Crippen molar-refractivity contribution < 1.29 is 9.84 Å². The second kappa shape index (κ2) is 3.85. The molecule has 0 heterocycles. The maximum absolute atomic E-state index is 8.55. The summed E-state index contributed by atoms with van der Waals surface area (Å²) in [6.07, 6.45) is 0.709. The van der Waals surface area contributed by atoms with E-state index in [-0.39, 0.29) is 12.2 Å². The van der Waals surface area contributed by atoms with E-state index in [0.29, 0.717) is 13.0 Å². The third kappa shape index (κ3) is 4.43. The minimum Gasteiger partial charge on any atom is -0.396 e. The van der Waals surface area contributed by atoms with Crippen LogP contribution >= 0.6 is 0 Å². The van der Waals surface area contributed by atoms with E-state index in [4.69, 9.17) is 9.84 Å². The molecule has 9 heavy (non-hydrogen) atoms. The summed E-state index contributed by atoms with van der Waals surface area (Å²) in [5.74, 6) is 0. The van der Waals surface area contributed by atoms with E-state index >= 15 is 0 Å². The lowest BCUT2D eigenvalue weighted by atomic mass is 10.1. The van der Waals surface area contributed by atoms with Gasteiger partial charge in [0.1, 0.15) is 0 Å². The van der Waals surface area contributed by atoms with Crippen molar-refractivity contribution >= 4 is 0 Å². The highest BCUT2D eigenvalue weighted by atomic mass is 16.5. The molecule has 0 unspecified atom stereocenters. The molecule has 0 fully saturated rings. The van der Waals surface area contributed by atoms with Crippen molar-refractivity contribution in [2.24, 2.45) is 0 Å². The summed E-state index contributed by atoms with van der Waals surface area (Å²) in [5, 5.41) is 8.55. The van der Waals surface area contributed by atoms with Crippen LogP contribution in [0.2, 0.25) is 0 Å². The Kier molecular flexibility index (Phi) is 3.82. The van der Waals surface area contributed by atoms with Crippen LogP contribution < -0.4 is 0 Å². The number of ether oxygens (including phenoxy) is 1. The smallest absolute Gasteiger partial charge is 0.0648 e. The molecule has 1 N–H and O–H groups in total. The second-order valence-corrected chi connectivity index (χ2v) is 2.67. The van der Waals surface area contributed by atoms with E-state index in [1.54, 1.807) is 0 Å². The van der Waals surface area contributed by atoms with Gasteiger partial charge in [-0.2, -0.15) is 0 Å². The SMILES string of the molecule is CCOC(C)(C)CCO. The molecule has 0 saturated carbocycles. The number of hydrogen-bond donors (Lipinski definition) is 1. The average Bonchev–Trinajstić information content (AvgIpc) is 1.64. The number of rotatable bonds is 4. The molecule has 2 nitrogen and oxygen atoms in total. The van der Waals surface area contributed by atoms with Crippen LogP contribution in [0.3, 0.4) is 0 Å². The number of hydrogen-bond acceptors (Lipinski definition) is 2. The van der Waals surface area contributed by atoms with Crippen LogP contribution in [0.4, 0.5) is 0 Å². The minimum atomic E-state index is -0.149. The molecule has 2 heteroatoms. The molecule has 0 saturated heterocycles. The normalized spacial score (nSPS) is 12.0. The van der Waals surface area contributed by atoms with Gasteiger partial charge in [-0.3, -0.25) is 0 Å². The van der Waals surface area contributed by atoms with Gasteiger partial charge in [-0.1, -0.05) is 0 Å². The molecule has 0 aliphatic heterocycles. The van der Waals surface area contributed by atoms with E-state index in [0.717, 1.165) is 0 Å². The first-order valence-electron chi connectivity index (χ1n) is 3.37. The first-order chi connectivity index (χ1) is 4.12. The van der Waals surface area contributed by atoms with Crippen LogP contribution in [0.5, 0.6) is 0 Å². The first-order valence-corrected chi connectivity index (χ1v) is 3.37. The van der Waals surface area contributed by atoms with E-state index in [9.17, 15) is 0 Å². The fraction of sp³-hybridized carbons (Fsp3) is 1.00. The van der Waals surface area contributed by atoms with E-state index in [2.05, 4.69) is 0 Å². The van der Waals surface area contributed by atoms with Gasteiger partial charge in [-0.05, 0) is 27.2 Å². The van der Waals surface area contributed by atoms with Crippen LogP contribution in [-0.4, -0.2) is 23.9 Å². The highest BCUT2D eigenvalue weighted by Gasteiger charge is 2.15. The van der Waals surface area contributed by atoms with Gasteiger partial charge in [0.25, 0.3) is 0 Å². The third-order valence-electron chi connectivity index (χ3n) is 1.25. The molecule has 0 atom stereocenters. The molecule has 0 amide bonds. The van der Waals surface area contributed by atoms with Gasteiger partial charge >= 0.3 is 0 Å². The van der Waals surface area contributed by atoms with Crippen LogP contribution in [0.25, 0.3) is 0 Å². The van der Waals surface area contributed by atoms with Crippen LogP contribution in [0.1, 0.15) is 27.2 Å². The zero-order valence-electron chi connectivity index (χ0n) is 6.48. The highest BCUT2D eigenvalue weighted by molar-refractivity contribution is 4.66. The average molecular weight is 132 g/mol. The minimum absolute atomic E-state index is 0.149. The molecule has 0 rings (SSSR count). The molecule has 0 bridgehead atoms. The molecule has 0 radical (unpaired) electrons. The zero-order valence-corrected chi connectivity index (χ0v) is 6.48. The van der Waals surface area contributed by atoms with Crippen molar-refractivity contribution in [3.63, 3.8) is 0 Å². The molecule has 56 valence electrons.